The van der Waals surface area contributed by atoms with Crippen molar-refractivity contribution in [3.05, 3.63) is 113 Å². The fourth-order valence-electron chi connectivity index (χ4n) is 6.16. The fourth-order valence-corrected chi connectivity index (χ4v) is 6.16. The predicted octanol–water partition coefficient (Wildman–Crippen LogP) is 9.49. The van der Waals surface area contributed by atoms with E-state index in [0.29, 0.717) is 35.3 Å². The monoisotopic (exact) mass is 731 g/mol. The second kappa shape index (κ2) is 16.2. The zero-order chi connectivity index (χ0) is 39.3. The molecule has 3 aromatic carbocycles. The minimum Gasteiger partial charge on any atom is -0.465 e. The highest BCUT2D eigenvalue weighted by molar-refractivity contribution is 5.95. The molecule has 0 saturated heterocycles. The number of amides is 3. The van der Waals surface area contributed by atoms with Gasteiger partial charge in [-0.05, 0) is 95.3 Å². The molecule has 0 spiro atoms. The molecule has 0 aliphatic carbocycles. The van der Waals surface area contributed by atoms with Crippen LogP contribution in [-0.2, 0) is 11.2 Å². The van der Waals surface area contributed by atoms with Crippen LogP contribution in [0.5, 0.6) is 0 Å². The van der Waals surface area contributed by atoms with Gasteiger partial charge >= 0.3 is 12.2 Å². The van der Waals surface area contributed by atoms with E-state index in [-0.39, 0.29) is 24.7 Å². The molecule has 1 heterocycles. The van der Waals surface area contributed by atoms with Crippen molar-refractivity contribution < 1.29 is 33.0 Å². The van der Waals surface area contributed by atoms with E-state index < -0.39 is 46.4 Å². The Morgan fingerprint density at radius 1 is 0.887 bits per heavy atom. The fraction of sp³-hybridized carbons (Fsp3) is 0.415. The summed E-state index contributed by atoms with van der Waals surface area (Å²) in [4.78, 5) is 42.4. The van der Waals surface area contributed by atoms with E-state index in [4.69, 9.17) is 9.84 Å². The lowest BCUT2D eigenvalue weighted by Crippen LogP contribution is -2.47. The lowest BCUT2D eigenvalue weighted by atomic mass is 9.81. The summed E-state index contributed by atoms with van der Waals surface area (Å²) in [6, 6.07) is 18.5. The maximum atomic E-state index is 15.2. The number of hydrogen-bond donors (Lipinski definition) is 2. The molecule has 0 bridgehead atoms. The molecule has 4 aromatic rings. The zero-order valence-electron chi connectivity index (χ0n) is 32.0. The lowest BCUT2D eigenvalue weighted by Gasteiger charge is -2.41. The average Bonchev–Trinajstić information content (AvgIpc) is 3.44. The second-order valence-corrected chi connectivity index (χ2v) is 16.2. The van der Waals surface area contributed by atoms with E-state index in [9.17, 15) is 23.9 Å². The van der Waals surface area contributed by atoms with Gasteiger partial charge in [0.25, 0.3) is 5.91 Å². The number of nitrogens with one attached hydrogen (secondary N) is 1. The number of hydrogen-bond acceptors (Lipinski definition) is 5. The summed E-state index contributed by atoms with van der Waals surface area (Å²) in [5, 5.41) is 17.6. The average molecular weight is 732 g/mol. The number of halogens is 2. The van der Waals surface area contributed by atoms with Crippen molar-refractivity contribution in [2.75, 3.05) is 18.4 Å². The second-order valence-electron chi connectivity index (χ2n) is 16.2. The van der Waals surface area contributed by atoms with Crippen molar-refractivity contribution in [1.29, 1.82) is 0 Å². The van der Waals surface area contributed by atoms with Crippen molar-refractivity contribution in [2.45, 2.75) is 92.3 Å². The third-order valence-corrected chi connectivity index (χ3v) is 8.47. The molecule has 0 aliphatic heterocycles. The molecule has 0 fully saturated rings. The van der Waals surface area contributed by atoms with Crippen LogP contribution < -0.4 is 5.32 Å². The van der Waals surface area contributed by atoms with Gasteiger partial charge in [-0.3, -0.25) is 10.1 Å². The molecule has 3 amide bonds. The van der Waals surface area contributed by atoms with Crippen LogP contribution in [0.1, 0.15) is 102 Å². The number of carboxylic acid groups (broad SMARTS) is 1. The van der Waals surface area contributed by atoms with Crippen molar-refractivity contribution in [2.24, 2.45) is 5.41 Å². The maximum Gasteiger partial charge on any atom is 0.412 e. The van der Waals surface area contributed by atoms with E-state index in [1.807, 2.05) is 71.9 Å². The number of ether oxygens (including phenoxy) is 1. The molecule has 1 atom stereocenters. The molecular weight excluding hydrogens is 680 g/mol. The standard InChI is InChI=1S/C41H51F2N5O5/c1-39(2,3)35(34-29(24-27-14-11-10-12-15-27)26-48(45-34)33-25-30(42)18-21-32(33)43)46(22-13-23-47(38(51)52)40(4,5)6)36(49)28-16-19-31(20-17-28)44-37(50)53-41(7,8)9/h10-12,14-21,25-26,35H,13,22-24H2,1-9H3,(H,44,50)(H,51,52)/t35-/m0/s1. The molecule has 2 N–H and O–H groups in total. The summed E-state index contributed by atoms with van der Waals surface area (Å²) in [6.07, 6.45) is 0.655. The Morgan fingerprint density at radius 3 is 2.09 bits per heavy atom. The summed E-state index contributed by atoms with van der Waals surface area (Å²) in [5.74, 6) is -1.65. The van der Waals surface area contributed by atoms with E-state index in [0.717, 1.165) is 23.8 Å². The number of carbonyl (C=O) groups excluding carboxylic acids is 2. The first-order valence-corrected chi connectivity index (χ1v) is 17.6. The Morgan fingerprint density at radius 2 is 1.53 bits per heavy atom. The first-order valence-electron chi connectivity index (χ1n) is 17.6. The van der Waals surface area contributed by atoms with Crippen LogP contribution in [0.25, 0.3) is 5.69 Å². The normalized spacial score (nSPS) is 12.6. The SMILES string of the molecule is CC(C)(C)OC(=O)Nc1ccc(C(=O)N(CCCN(C(=O)O)C(C)(C)C)[C@@H](c2nn(-c3cc(F)ccc3F)cc2Cc2ccccc2)C(C)(C)C)cc1. The largest absolute Gasteiger partial charge is 0.465 e. The molecule has 10 nitrogen and oxygen atoms in total. The van der Waals surface area contributed by atoms with Gasteiger partial charge in [0.05, 0.1) is 11.7 Å². The Bertz CT molecular complexity index is 1890. The highest BCUT2D eigenvalue weighted by Gasteiger charge is 2.39. The van der Waals surface area contributed by atoms with Gasteiger partial charge in [0.2, 0.25) is 0 Å². The van der Waals surface area contributed by atoms with E-state index in [2.05, 4.69) is 5.32 Å². The number of anilines is 1. The number of carbonyl (C=O) groups is 3. The van der Waals surface area contributed by atoms with Crippen LogP contribution in [0, 0.1) is 17.0 Å². The van der Waals surface area contributed by atoms with Gasteiger partial charge in [0.1, 0.15) is 22.9 Å². The minimum atomic E-state index is -1.07. The van der Waals surface area contributed by atoms with Crippen LogP contribution in [0.4, 0.5) is 24.1 Å². The Balaban J connectivity index is 1.83. The highest BCUT2D eigenvalue weighted by atomic mass is 19.1. The van der Waals surface area contributed by atoms with Crippen LogP contribution in [-0.4, -0.2) is 67.0 Å². The molecular formula is C41H51F2N5O5. The van der Waals surface area contributed by atoms with E-state index in [1.165, 1.54) is 9.58 Å². The molecule has 12 heteroatoms. The lowest BCUT2D eigenvalue weighted by molar-refractivity contribution is 0.0469. The summed E-state index contributed by atoms with van der Waals surface area (Å²) < 4.78 is 36.3. The summed E-state index contributed by atoms with van der Waals surface area (Å²) in [7, 11) is 0. The van der Waals surface area contributed by atoms with Crippen molar-refractivity contribution in [3.8, 4) is 5.69 Å². The Kier molecular flexibility index (Phi) is 12.4. The number of benzene rings is 3. The molecule has 0 saturated carbocycles. The molecule has 0 aliphatic rings. The number of nitrogens with zero attached hydrogens (tertiary/aromatic N) is 4. The molecule has 1 aromatic heterocycles. The van der Waals surface area contributed by atoms with Crippen LogP contribution >= 0.6 is 0 Å². The van der Waals surface area contributed by atoms with E-state index >= 15 is 4.39 Å². The highest BCUT2D eigenvalue weighted by Crippen LogP contribution is 2.41. The van der Waals surface area contributed by atoms with Crippen LogP contribution in [0.15, 0.2) is 79.0 Å². The van der Waals surface area contributed by atoms with Gasteiger partial charge in [-0.1, -0.05) is 51.1 Å². The van der Waals surface area contributed by atoms with Gasteiger partial charge in [-0.25, -0.2) is 23.1 Å². The van der Waals surface area contributed by atoms with Gasteiger partial charge < -0.3 is 19.6 Å². The van der Waals surface area contributed by atoms with Gasteiger partial charge in [-0.2, -0.15) is 5.10 Å². The first kappa shape index (κ1) is 40.5. The third-order valence-electron chi connectivity index (χ3n) is 8.47. The first-order chi connectivity index (χ1) is 24.6. The predicted molar refractivity (Wildman–Crippen MR) is 201 cm³/mol. The molecule has 53 heavy (non-hydrogen) atoms. The van der Waals surface area contributed by atoms with Crippen LogP contribution in [0.2, 0.25) is 0 Å². The molecule has 4 rings (SSSR count). The smallest absolute Gasteiger partial charge is 0.412 e. The summed E-state index contributed by atoms with van der Waals surface area (Å²) in [5.41, 5.74) is 0.786. The Labute approximate surface area is 310 Å². The molecule has 284 valence electrons. The molecule has 0 unspecified atom stereocenters. The van der Waals surface area contributed by atoms with Gasteiger partial charge in [0, 0.05) is 54.1 Å². The van der Waals surface area contributed by atoms with Crippen LogP contribution in [0.3, 0.4) is 0 Å². The van der Waals surface area contributed by atoms with Crippen molar-refractivity contribution in [3.63, 3.8) is 0 Å². The third kappa shape index (κ3) is 10.9. The van der Waals surface area contributed by atoms with Gasteiger partial charge in [-0.15, -0.1) is 0 Å². The summed E-state index contributed by atoms with van der Waals surface area (Å²) >= 11 is 0. The minimum absolute atomic E-state index is 0.0774. The maximum absolute atomic E-state index is 15.2. The van der Waals surface area contributed by atoms with Gasteiger partial charge in [0.15, 0.2) is 0 Å². The van der Waals surface area contributed by atoms with Crippen molar-refractivity contribution in [1.82, 2.24) is 19.6 Å². The number of rotatable bonds is 11. The Hall–Kier alpha value is -5.26. The number of aromatic nitrogens is 2. The summed E-state index contributed by atoms with van der Waals surface area (Å²) in [6.45, 7) is 16.9. The van der Waals surface area contributed by atoms with E-state index in [1.54, 1.807) is 56.1 Å². The topological polar surface area (TPSA) is 117 Å². The molecule has 0 radical (unpaired) electrons. The zero-order valence-corrected chi connectivity index (χ0v) is 32.0. The quantitative estimate of drug-likeness (QED) is 0.159. The van der Waals surface area contributed by atoms with Crippen molar-refractivity contribution >= 4 is 23.8 Å².